The molecule has 0 spiro atoms. The Morgan fingerprint density at radius 3 is 2.70 bits per heavy atom. The van der Waals surface area contributed by atoms with Crippen LogP contribution in [0.25, 0.3) is 11.2 Å². The minimum absolute atomic E-state index is 0.366. The monoisotopic (exact) mass is 276 g/mol. The zero-order valence-corrected chi connectivity index (χ0v) is 12.6. The Bertz CT molecular complexity index is 546. The summed E-state index contributed by atoms with van der Waals surface area (Å²) < 4.78 is 2.09. The summed E-state index contributed by atoms with van der Waals surface area (Å²) in [6.45, 7) is 9.97. The summed E-state index contributed by atoms with van der Waals surface area (Å²) in [6.07, 6.45) is 5.59. The first-order valence-electron chi connectivity index (χ1n) is 7.32. The highest BCUT2D eigenvalue weighted by Gasteiger charge is 2.12. The molecule has 0 aliphatic heterocycles. The Morgan fingerprint density at radius 1 is 1.25 bits per heavy atom. The van der Waals surface area contributed by atoms with Gasteiger partial charge in [-0.25, -0.2) is 15.0 Å². The fourth-order valence-corrected chi connectivity index (χ4v) is 2.48. The van der Waals surface area contributed by atoms with Crippen molar-refractivity contribution in [1.29, 1.82) is 0 Å². The van der Waals surface area contributed by atoms with Gasteiger partial charge in [0.15, 0.2) is 11.5 Å². The van der Waals surface area contributed by atoms with Gasteiger partial charge in [-0.3, -0.25) is 0 Å². The highest BCUT2D eigenvalue weighted by molar-refractivity contribution is 5.81. The molecular weight excluding hydrogens is 252 g/mol. The fourth-order valence-electron chi connectivity index (χ4n) is 2.48. The van der Waals surface area contributed by atoms with Gasteiger partial charge >= 0.3 is 0 Å². The molecule has 2 rings (SSSR count). The molecule has 110 valence electrons. The maximum absolute atomic E-state index is 5.81. The minimum atomic E-state index is 0.366. The number of imidazole rings is 1. The molecule has 0 fully saturated rings. The molecule has 20 heavy (non-hydrogen) atoms. The Balaban J connectivity index is 2.01. The lowest BCUT2D eigenvalue weighted by Crippen LogP contribution is -2.24. The second-order valence-electron chi connectivity index (χ2n) is 5.10. The molecule has 2 aromatic heterocycles. The molecule has 0 saturated heterocycles. The fraction of sp³-hybridized carbons (Fsp3) is 0.643. The van der Waals surface area contributed by atoms with Crippen molar-refractivity contribution >= 4 is 17.0 Å². The van der Waals surface area contributed by atoms with Crippen molar-refractivity contribution in [3.63, 3.8) is 0 Å². The first-order chi connectivity index (χ1) is 9.67. The van der Waals surface area contributed by atoms with Crippen LogP contribution in [0, 0.1) is 0 Å². The third kappa shape index (κ3) is 3.07. The van der Waals surface area contributed by atoms with Gasteiger partial charge in [-0.2, -0.15) is 0 Å². The average Bonchev–Trinajstić information content (AvgIpc) is 2.89. The number of hydrogen-bond donors (Lipinski definition) is 1. The van der Waals surface area contributed by atoms with E-state index in [2.05, 4.69) is 45.2 Å². The number of nitrogens with zero attached hydrogens (tertiary/aromatic N) is 5. The third-order valence-electron chi connectivity index (χ3n) is 3.85. The third-order valence-corrected chi connectivity index (χ3v) is 3.85. The van der Waals surface area contributed by atoms with E-state index in [9.17, 15) is 0 Å². The van der Waals surface area contributed by atoms with E-state index in [1.54, 1.807) is 0 Å². The van der Waals surface area contributed by atoms with Gasteiger partial charge in [-0.15, -0.1) is 0 Å². The molecule has 2 N–H and O–H groups in total. The van der Waals surface area contributed by atoms with Crippen LogP contribution in [0.15, 0.2) is 12.7 Å². The summed E-state index contributed by atoms with van der Waals surface area (Å²) in [4.78, 5) is 15.0. The summed E-state index contributed by atoms with van der Waals surface area (Å²) in [5, 5.41) is 0. The lowest BCUT2D eigenvalue weighted by Gasteiger charge is -2.19. The Labute approximate surface area is 120 Å². The maximum Gasteiger partial charge on any atom is 0.165 e. The molecule has 2 aromatic rings. The Kier molecular flexibility index (Phi) is 4.89. The van der Waals surface area contributed by atoms with E-state index in [4.69, 9.17) is 5.73 Å². The largest absolute Gasteiger partial charge is 0.382 e. The molecule has 6 heteroatoms. The van der Waals surface area contributed by atoms with Crippen molar-refractivity contribution in [3.8, 4) is 0 Å². The topological polar surface area (TPSA) is 72.9 Å². The van der Waals surface area contributed by atoms with Crippen LogP contribution >= 0.6 is 0 Å². The van der Waals surface area contributed by atoms with Crippen LogP contribution in [0.3, 0.4) is 0 Å². The molecule has 0 aliphatic carbocycles. The highest BCUT2D eigenvalue weighted by atomic mass is 15.1. The zero-order valence-electron chi connectivity index (χ0n) is 12.6. The van der Waals surface area contributed by atoms with Crippen molar-refractivity contribution < 1.29 is 0 Å². The molecule has 6 nitrogen and oxygen atoms in total. The normalized spacial score (nSPS) is 13.2. The smallest absolute Gasteiger partial charge is 0.165 e. The second-order valence-corrected chi connectivity index (χ2v) is 5.10. The summed E-state index contributed by atoms with van der Waals surface area (Å²) in [5.41, 5.74) is 7.34. The van der Waals surface area contributed by atoms with Gasteiger partial charge in [0.25, 0.3) is 0 Å². The van der Waals surface area contributed by atoms with Gasteiger partial charge in [0.1, 0.15) is 11.8 Å². The molecule has 0 radical (unpaired) electrons. The molecule has 1 atom stereocenters. The zero-order chi connectivity index (χ0) is 14.5. The van der Waals surface area contributed by atoms with Crippen LogP contribution in [-0.4, -0.2) is 44.1 Å². The van der Waals surface area contributed by atoms with Crippen LogP contribution in [0.2, 0.25) is 0 Å². The summed E-state index contributed by atoms with van der Waals surface area (Å²) in [5.74, 6) is 0.448. The van der Waals surface area contributed by atoms with E-state index in [0.717, 1.165) is 31.7 Å². The summed E-state index contributed by atoms with van der Waals surface area (Å²) in [7, 11) is 0. The Morgan fingerprint density at radius 2 is 2.00 bits per heavy atom. The minimum Gasteiger partial charge on any atom is -0.382 e. The summed E-state index contributed by atoms with van der Waals surface area (Å²) >= 11 is 0. The number of fused-ring (bicyclic) bond motifs is 1. The van der Waals surface area contributed by atoms with E-state index in [-0.39, 0.29) is 0 Å². The van der Waals surface area contributed by atoms with Crippen LogP contribution in [-0.2, 0) is 0 Å². The predicted octanol–water partition coefficient (Wildman–Crippen LogP) is 2.09. The van der Waals surface area contributed by atoms with Crippen LogP contribution in [0.4, 0.5) is 5.82 Å². The number of nitrogens with two attached hydrogens (primary N) is 1. The molecular formula is C14H24N6. The van der Waals surface area contributed by atoms with E-state index in [1.807, 2.05) is 6.33 Å². The number of rotatable bonds is 7. The average molecular weight is 276 g/mol. The predicted molar refractivity (Wildman–Crippen MR) is 81.5 cm³/mol. The van der Waals surface area contributed by atoms with Crippen LogP contribution in [0.5, 0.6) is 0 Å². The van der Waals surface area contributed by atoms with Crippen molar-refractivity contribution in [2.24, 2.45) is 0 Å². The van der Waals surface area contributed by atoms with Gasteiger partial charge in [-0.05, 0) is 39.4 Å². The van der Waals surface area contributed by atoms with Crippen LogP contribution < -0.4 is 5.73 Å². The quantitative estimate of drug-likeness (QED) is 0.838. The first-order valence-corrected chi connectivity index (χ1v) is 7.32. The van der Waals surface area contributed by atoms with E-state index >= 15 is 0 Å². The lowest BCUT2D eigenvalue weighted by molar-refractivity contribution is 0.288. The molecule has 0 aromatic carbocycles. The molecule has 1 unspecified atom stereocenters. The van der Waals surface area contributed by atoms with Crippen molar-refractivity contribution in [2.45, 2.75) is 39.7 Å². The van der Waals surface area contributed by atoms with E-state index in [0.29, 0.717) is 17.4 Å². The maximum atomic E-state index is 5.81. The van der Waals surface area contributed by atoms with Gasteiger partial charge < -0.3 is 15.2 Å². The lowest BCUT2D eigenvalue weighted by atomic mass is 10.1. The molecule has 2 heterocycles. The standard InChI is InChI=1S/C14H24N6/c1-4-19(5-2)8-6-7-11(3)20-10-18-12-13(15)16-9-17-14(12)20/h9-11H,4-8H2,1-3H3,(H2,15,16,17). The number of anilines is 1. The van der Waals surface area contributed by atoms with E-state index in [1.165, 1.54) is 12.7 Å². The number of aromatic nitrogens is 4. The molecule has 0 aliphatic rings. The number of nitrogen functional groups attached to an aromatic ring is 1. The van der Waals surface area contributed by atoms with E-state index < -0.39 is 0 Å². The van der Waals surface area contributed by atoms with Crippen LogP contribution in [0.1, 0.15) is 39.7 Å². The Hall–Kier alpha value is -1.69. The summed E-state index contributed by atoms with van der Waals surface area (Å²) in [6, 6.07) is 0.366. The van der Waals surface area contributed by atoms with Crippen molar-refractivity contribution in [1.82, 2.24) is 24.4 Å². The SMILES string of the molecule is CCN(CC)CCCC(C)n1cnc2c(N)ncnc21. The molecule has 0 amide bonds. The highest BCUT2D eigenvalue weighted by Crippen LogP contribution is 2.21. The molecule has 0 saturated carbocycles. The van der Waals surface area contributed by atoms with Gasteiger partial charge in [0.05, 0.1) is 6.33 Å². The van der Waals surface area contributed by atoms with Gasteiger partial charge in [-0.1, -0.05) is 13.8 Å². The van der Waals surface area contributed by atoms with Crippen molar-refractivity contribution in [3.05, 3.63) is 12.7 Å². The second kappa shape index (κ2) is 6.65. The first kappa shape index (κ1) is 14.7. The number of hydrogen-bond acceptors (Lipinski definition) is 5. The van der Waals surface area contributed by atoms with Gasteiger partial charge in [0, 0.05) is 6.04 Å². The molecule has 0 bridgehead atoms. The van der Waals surface area contributed by atoms with Gasteiger partial charge in [0.2, 0.25) is 0 Å². The van der Waals surface area contributed by atoms with Crippen molar-refractivity contribution in [2.75, 3.05) is 25.4 Å².